The highest BCUT2D eigenvalue weighted by Gasteiger charge is 1.87. The molecule has 0 aliphatic carbocycles. The van der Waals surface area contributed by atoms with Crippen LogP contribution < -0.4 is 0 Å². The third-order valence-corrected chi connectivity index (χ3v) is 0.809. The number of rotatable bonds is 2. The predicted octanol–water partition coefficient (Wildman–Crippen LogP) is 1.35. The second-order valence-electron chi connectivity index (χ2n) is 1.10. The lowest BCUT2D eigenvalue weighted by Crippen LogP contribution is -1.98. The molecule has 0 amide bonds. The van der Waals surface area contributed by atoms with Gasteiger partial charge in [0.1, 0.15) is 0 Å². The minimum Gasteiger partial charge on any atom is -0.484 e. The third-order valence-electron chi connectivity index (χ3n) is 0.585. The lowest BCUT2D eigenvalue weighted by molar-refractivity contribution is 0.389. The molecule has 4 heteroatoms. The Hall–Kier alpha value is 0.110. The van der Waals surface area contributed by atoms with Gasteiger partial charge in [-0.2, -0.15) is 12.6 Å². The number of ether oxygens (including phenoxy) is 1. The van der Waals surface area contributed by atoms with Crippen molar-refractivity contribution in [2.75, 3.05) is 12.9 Å². The number of hydrogen-bond donors (Lipinski definition) is 2. The van der Waals surface area contributed by atoms with Crippen molar-refractivity contribution in [1.82, 2.24) is 0 Å². The SMILES string of the molecule is COC(=N)CCS.Cl. The van der Waals surface area contributed by atoms with Gasteiger partial charge in [-0.3, -0.25) is 5.41 Å². The summed E-state index contributed by atoms with van der Waals surface area (Å²) in [5.41, 5.74) is 0. The smallest absolute Gasteiger partial charge is 0.180 e. The minimum atomic E-state index is 0. The van der Waals surface area contributed by atoms with Crippen LogP contribution in [-0.4, -0.2) is 18.8 Å². The van der Waals surface area contributed by atoms with Crippen LogP contribution in [-0.2, 0) is 4.74 Å². The molecule has 0 spiro atoms. The second kappa shape index (κ2) is 7.11. The van der Waals surface area contributed by atoms with Crippen LogP contribution in [0.5, 0.6) is 0 Å². The van der Waals surface area contributed by atoms with E-state index < -0.39 is 0 Å². The van der Waals surface area contributed by atoms with E-state index in [-0.39, 0.29) is 12.4 Å². The van der Waals surface area contributed by atoms with E-state index in [4.69, 9.17) is 5.41 Å². The molecular weight excluding hydrogens is 146 g/mol. The monoisotopic (exact) mass is 155 g/mol. The molecule has 0 saturated heterocycles. The van der Waals surface area contributed by atoms with Crippen molar-refractivity contribution in [2.45, 2.75) is 6.42 Å². The highest BCUT2D eigenvalue weighted by atomic mass is 35.5. The highest BCUT2D eigenvalue weighted by Crippen LogP contribution is 1.85. The molecule has 0 heterocycles. The number of hydrogen-bond acceptors (Lipinski definition) is 3. The Kier molecular flexibility index (Phi) is 9.76. The van der Waals surface area contributed by atoms with Crippen LogP contribution in [0.1, 0.15) is 6.42 Å². The van der Waals surface area contributed by atoms with E-state index in [0.29, 0.717) is 18.1 Å². The van der Waals surface area contributed by atoms with Gasteiger partial charge in [-0.15, -0.1) is 12.4 Å². The quantitative estimate of drug-likeness (QED) is 0.352. The fourth-order valence-corrected chi connectivity index (χ4v) is 0.407. The van der Waals surface area contributed by atoms with Crippen LogP contribution in [0.3, 0.4) is 0 Å². The molecule has 0 aromatic rings. The lowest BCUT2D eigenvalue weighted by atomic mass is 10.5. The molecule has 8 heavy (non-hydrogen) atoms. The Balaban J connectivity index is 0. The zero-order valence-corrected chi connectivity index (χ0v) is 6.39. The molecule has 0 unspecified atom stereocenters. The van der Waals surface area contributed by atoms with Gasteiger partial charge in [-0.25, -0.2) is 0 Å². The first kappa shape index (κ1) is 11.0. The van der Waals surface area contributed by atoms with E-state index >= 15 is 0 Å². The average molecular weight is 156 g/mol. The zero-order chi connectivity index (χ0) is 5.70. The Morgan fingerprint density at radius 2 is 2.25 bits per heavy atom. The Morgan fingerprint density at radius 3 is 2.38 bits per heavy atom. The molecular formula is C4H10ClNOS. The molecule has 0 aromatic carbocycles. The molecule has 0 saturated carbocycles. The van der Waals surface area contributed by atoms with Crippen LogP contribution >= 0.6 is 25.0 Å². The van der Waals surface area contributed by atoms with E-state index in [9.17, 15) is 0 Å². The van der Waals surface area contributed by atoms with Crippen LogP contribution in [0.2, 0.25) is 0 Å². The normalized spacial score (nSPS) is 7.25. The van der Waals surface area contributed by atoms with Gasteiger partial charge in [0.15, 0.2) is 5.90 Å². The summed E-state index contributed by atoms with van der Waals surface area (Å²) in [6, 6.07) is 0. The fourth-order valence-electron chi connectivity index (χ4n) is 0.204. The van der Waals surface area contributed by atoms with Crippen LogP contribution in [0, 0.1) is 5.41 Å². The largest absolute Gasteiger partial charge is 0.484 e. The second-order valence-corrected chi connectivity index (χ2v) is 1.55. The van der Waals surface area contributed by atoms with Crippen molar-refractivity contribution in [3.8, 4) is 0 Å². The third kappa shape index (κ3) is 6.11. The lowest BCUT2D eigenvalue weighted by Gasteiger charge is -1.95. The van der Waals surface area contributed by atoms with Gasteiger partial charge in [-0.1, -0.05) is 0 Å². The summed E-state index contributed by atoms with van der Waals surface area (Å²) < 4.78 is 4.53. The molecule has 0 bridgehead atoms. The molecule has 2 nitrogen and oxygen atoms in total. The molecule has 0 aliphatic heterocycles. The minimum absolute atomic E-state index is 0. The van der Waals surface area contributed by atoms with Gasteiger partial charge in [0.25, 0.3) is 0 Å². The summed E-state index contributed by atoms with van der Waals surface area (Å²) in [5, 5.41) is 6.87. The van der Waals surface area contributed by atoms with Crippen molar-refractivity contribution in [2.24, 2.45) is 0 Å². The molecule has 0 fully saturated rings. The first-order valence-corrected chi connectivity index (χ1v) is 2.66. The molecule has 50 valence electrons. The van der Waals surface area contributed by atoms with E-state index in [1.165, 1.54) is 7.11 Å². The van der Waals surface area contributed by atoms with Gasteiger partial charge in [-0.05, 0) is 5.75 Å². The average Bonchev–Trinajstić information content (AvgIpc) is 1.68. The van der Waals surface area contributed by atoms with Crippen molar-refractivity contribution >= 4 is 30.9 Å². The maximum absolute atomic E-state index is 6.87. The number of halogens is 1. The standard InChI is InChI=1S/C4H9NOS.ClH/c1-6-4(5)2-3-7;/h5,7H,2-3H2,1H3;1H. The number of thiol groups is 1. The van der Waals surface area contributed by atoms with Gasteiger partial charge in [0.2, 0.25) is 0 Å². The summed E-state index contributed by atoms with van der Waals surface area (Å²) >= 11 is 3.89. The Bertz CT molecular complexity index is 69.1. The zero-order valence-electron chi connectivity index (χ0n) is 4.68. The summed E-state index contributed by atoms with van der Waals surface area (Å²) in [7, 11) is 1.49. The first-order chi connectivity index (χ1) is 3.31. The van der Waals surface area contributed by atoms with E-state index in [0.717, 1.165) is 0 Å². The fraction of sp³-hybridized carbons (Fsp3) is 0.750. The Labute approximate surface area is 60.9 Å². The predicted molar refractivity (Wildman–Crippen MR) is 40.5 cm³/mol. The summed E-state index contributed by atoms with van der Waals surface area (Å²) in [6.07, 6.45) is 0.625. The maximum Gasteiger partial charge on any atom is 0.180 e. The number of nitrogens with one attached hydrogen (secondary N) is 1. The maximum atomic E-state index is 6.87. The molecule has 0 radical (unpaired) electrons. The molecule has 0 rings (SSSR count). The topological polar surface area (TPSA) is 33.1 Å². The Morgan fingerprint density at radius 1 is 1.75 bits per heavy atom. The van der Waals surface area contributed by atoms with Crippen LogP contribution in [0.25, 0.3) is 0 Å². The van der Waals surface area contributed by atoms with Gasteiger partial charge < -0.3 is 4.74 Å². The van der Waals surface area contributed by atoms with Crippen molar-refractivity contribution in [3.05, 3.63) is 0 Å². The molecule has 1 N–H and O–H groups in total. The van der Waals surface area contributed by atoms with E-state index in [1.54, 1.807) is 0 Å². The van der Waals surface area contributed by atoms with Crippen molar-refractivity contribution in [1.29, 1.82) is 5.41 Å². The van der Waals surface area contributed by atoms with E-state index in [2.05, 4.69) is 17.4 Å². The summed E-state index contributed by atoms with van der Waals surface area (Å²) in [5.74, 6) is 0.988. The molecule has 0 aromatic heterocycles. The van der Waals surface area contributed by atoms with Gasteiger partial charge in [0, 0.05) is 6.42 Å². The molecule has 0 aliphatic rings. The highest BCUT2D eigenvalue weighted by molar-refractivity contribution is 7.80. The number of methoxy groups -OCH3 is 1. The van der Waals surface area contributed by atoms with Gasteiger partial charge >= 0.3 is 0 Å². The van der Waals surface area contributed by atoms with Crippen molar-refractivity contribution in [3.63, 3.8) is 0 Å². The summed E-state index contributed by atoms with van der Waals surface area (Å²) in [6.45, 7) is 0. The van der Waals surface area contributed by atoms with Crippen molar-refractivity contribution < 1.29 is 4.74 Å². The van der Waals surface area contributed by atoms with Crippen LogP contribution in [0.4, 0.5) is 0 Å². The summed E-state index contributed by atoms with van der Waals surface area (Å²) in [4.78, 5) is 0. The van der Waals surface area contributed by atoms with Crippen LogP contribution in [0.15, 0.2) is 0 Å². The van der Waals surface area contributed by atoms with Gasteiger partial charge in [0.05, 0.1) is 7.11 Å². The first-order valence-electron chi connectivity index (χ1n) is 2.03. The molecule has 0 atom stereocenters. The van der Waals surface area contributed by atoms with E-state index in [1.807, 2.05) is 0 Å².